The molecule has 1 aliphatic rings. The van der Waals surface area contributed by atoms with E-state index in [0.717, 1.165) is 41.9 Å². The molecule has 0 radical (unpaired) electrons. The molecule has 0 aliphatic carbocycles. The number of rotatable bonds is 3. The van der Waals surface area contributed by atoms with Crippen molar-refractivity contribution in [2.24, 2.45) is 5.73 Å². The zero-order valence-electron chi connectivity index (χ0n) is 11.1. The second kappa shape index (κ2) is 5.99. The minimum Gasteiger partial charge on any atom is -0.368 e. The summed E-state index contributed by atoms with van der Waals surface area (Å²) in [7, 11) is 0. The second-order valence-electron chi connectivity index (χ2n) is 4.77. The Balaban J connectivity index is 1.73. The van der Waals surface area contributed by atoms with Crippen LogP contribution in [0.15, 0.2) is 29.8 Å². The monoisotopic (exact) mass is 308 g/mol. The van der Waals surface area contributed by atoms with E-state index in [1.54, 1.807) is 11.3 Å². The average Bonchev–Trinajstić information content (AvgIpc) is 3.02. The van der Waals surface area contributed by atoms with Crippen molar-refractivity contribution in [2.75, 3.05) is 36.0 Å². The van der Waals surface area contributed by atoms with E-state index in [-0.39, 0.29) is 0 Å². The van der Waals surface area contributed by atoms with Crippen molar-refractivity contribution < 1.29 is 0 Å². The van der Waals surface area contributed by atoms with Gasteiger partial charge >= 0.3 is 0 Å². The Morgan fingerprint density at radius 1 is 1.20 bits per heavy atom. The molecular weight excluding hydrogens is 292 g/mol. The molecule has 2 N–H and O–H groups in total. The Morgan fingerprint density at radius 2 is 1.95 bits per heavy atom. The van der Waals surface area contributed by atoms with Crippen molar-refractivity contribution in [3.63, 3.8) is 0 Å². The first kappa shape index (κ1) is 13.7. The summed E-state index contributed by atoms with van der Waals surface area (Å²) in [5.74, 6) is 0. The summed E-state index contributed by atoms with van der Waals surface area (Å²) >= 11 is 7.81. The van der Waals surface area contributed by atoms with E-state index in [1.807, 2.05) is 29.8 Å². The first-order chi connectivity index (χ1) is 9.78. The Labute approximate surface area is 127 Å². The van der Waals surface area contributed by atoms with Crippen LogP contribution in [0.5, 0.6) is 0 Å². The van der Waals surface area contributed by atoms with Gasteiger partial charge in [0.05, 0.1) is 0 Å². The number of piperazine rings is 1. The number of hydrogen-bond donors (Lipinski definition) is 1. The van der Waals surface area contributed by atoms with E-state index in [0.29, 0.717) is 6.54 Å². The van der Waals surface area contributed by atoms with Crippen molar-refractivity contribution >= 4 is 33.8 Å². The number of benzene rings is 1. The van der Waals surface area contributed by atoms with Crippen LogP contribution in [0.2, 0.25) is 5.02 Å². The van der Waals surface area contributed by atoms with Gasteiger partial charge < -0.3 is 15.5 Å². The average molecular weight is 309 g/mol. The van der Waals surface area contributed by atoms with E-state index in [2.05, 4.69) is 14.8 Å². The standard InChI is InChI=1S/C14H17ClN4S/c15-12-2-1-11(10-16)13(9-12)18-4-6-19(7-5-18)14-17-3-8-20-14/h1-3,8-9H,4-7,10,16H2. The van der Waals surface area contributed by atoms with E-state index in [4.69, 9.17) is 17.3 Å². The fourth-order valence-electron chi connectivity index (χ4n) is 2.51. The van der Waals surface area contributed by atoms with Gasteiger partial charge in [0, 0.05) is 55.0 Å². The highest BCUT2D eigenvalue weighted by Gasteiger charge is 2.20. The van der Waals surface area contributed by atoms with Gasteiger partial charge in [-0.3, -0.25) is 0 Å². The van der Waals surface area contributed by atoms with Crippen molar-refractivity contribution in [3.05, 3.63) is 40.4 Å². The molecule has 0 atom stereocenters. The van der Waals surface area contributed by atoms with Gasteiger partial charge in [0.25, 0.3) is 0 Å². The zero-order chi connectivity index (χ0) is 13.9. The molecule has 1 aromatic carbocycles. The lowest BCUT2D eigenvalue weighted by Crippen LogP contribution is -2.46. The predicted molar refractivity (Wildman–Crippen MR) is 85.9 cm³/mol. The van der Waals surface area contributed by atoms with Gasteiger partial charge in [-0.2, -0.15) is 0 Å². The van der Waals surface area contributed by atoms with Crippen LogP contribution in [0, 0.1) is 0 Å². The molecule has 4 nitrogen and oxygen atoms in total. The highest BCUT2D eigenvalue weighted by Crippen LogP contribution is 2.27. The molecule has 1 saturated heterocycles. The summed E-state index contributed by atoms with van der Waals surface area (Å²) in [6.07, 6.45) is 1.86. The van der Waals surface area contributed by atoms with E-state index in [1.165, 1.54) is 5.69 Å². The molecule has 1 aliphatic heterocycles. The number of nitrogens with zero attached hydrogens (tertiary/aromatic N) is 3. The topological polar surface area (TPSA) is 45.4 Å². The summed E-state index contributed by atoms with van der Waals surface area (Å²) in [5, 5.41) is 3.89. The lowest BCUT2D eigenvalue weighted by Gasteiger charge is -2.36. The Hall–Kier alpha value is -1.30. The van der Waals surface area contributed by atoms with Crippen molar-refractivity contribution in [2.45, 2.75) is 6.54 Å². The molecule has 1 aromatic heterocycles. The van der Waals surface area contributed by atoms with Crippen LogP contribution in [-0.2, 0) is 6.54 Å². The van der Waals surface area contributed by atoms with E-state index >= 15 is 0 Å². The third kappa shape index (κ3) is 2.75. The normalized spacial score (nSPS) is 15.7. The van der Waals surface area contributed by atoms with Crippen molar-refractivity contribution in [3.8, 4) is 0 Å². The van der Waals surface area contributed by atoms with Gasteiger partial charge in [0.15, 0.2) is 5.13 Å². The van der Waals surface area contributed by atoms with Crippen LogP contribution in [0.3, 0.4) is 0 Å². The van der Waals surface area contributed by atoms with Crippen LogP contribution < -0.4 is 15.5 Å². The highest BCUT2D eigenvalue weighted by atomic mass is 35.5. The summed E-state index contributed by atoms with van der Waals surface area (Å²) in [5.41, 5.74) is 8.14. The molecule has 6 heteroatoms. The van der Waals surface area contributed by atoms with Gasteiger partial charge in [-0.1, -0.05) is 17.7 Å². The summed E-state index contributed by atoms with van der Waals surface area (Å²) < 4.78 is 0. The molecule has 0 saturated carbocycles. The number of halogens is 1. The van der Waals surface area contributed by atoms with Gasteiger partial charge in [0.1, 0.15) is 0 Å². The SMILES string of the molecule is NCc1ccc(Cl)cc1N1CCN(c2nccs2)CC1. The summed E-state index contributed by atoms with van der Waals surface area (Å²) in [4.78, 5) is 9.06. The maximum atomic E-state index is 6.12. The van der Waals surface area contributed by atoms with Gasteiger partial charge in [-0.05, 0) is 17.7 Å². The molecule has 0 amide bonds. The lowest BCUT2D eigenvalue weighted by molar-refractivity contribution is 0.650. The third-order valence-corrected chi connectivity index (χ3v) is 4.64. The first-order valence-electron chi connectivity index (χ1n) is 6.66. The van der Waals surface area contributed by atoms with Crippen LogP contribution >= 0.6 is 22.9 Å². The number of thiazole rings is 1. The van der Waals surface area contributed by atoms with Gasteiger partial charge in [-0.15, -0.1) is 11.3 Å². The lowest BCUT2D eigenvalue weighted by atomic mass is 10.1. The summed E-state index contributed by atoms with van der Waals surface area (Å²) in [6.45, 7) is 4.42. The number of anilines is 2. The number of hydrogen-bond acceptors (Lipinski definition) is 5. The quantitative estimate of drug-likeness (QED) is 0.946. The van der Waals surface area contributed by atoms with E-state index in [9.17, 15) is 0 Å². The Bertz CT molecular complexity index is 565. The van der Waals surface area contributed by atoms with Crippen LogP contribution in [0.4, 0.5) is 10.8 Å². The largest absolute Gasteiger partial charge is 0.368 e. The maximum absolute atomic E-state index is 6.12. The highest BCUT2D eigenvalue weighted by molar-refractivity contribution is 7.13. The zero-order valence-corrected chi connectivity index (χ0v) is 12.7. The minimum atomic E-state index is 0.541. The number of nitrogens with two attached hydrogens (primary N) is 1. The fraction of sp³-hybridized carbons (Fsp3) is 0.357. The Morgan fingerprint density at radius 3 is 2.60 bits per heavy atom. The predicted octanol–water partition coefficient (Wildman–Crippen LogP) is 2.58. The van der Waals surface area contributed by atoms with Crippen LogP contribution in [0.25, 0.3) is 0 Å². The van der Waals surface area contributed by atoms with Crippen molar-refractivity contribution in [1.29, 1.82) is 0 Å². The molecule has 20 heavy (non-hydrogen) atoms. The molecule has 2 heterocycles. The van der Waals surface area contributed by atoms with E-state index < -0.39 is 0 Å². The van der Waals surface area contributed by atoms with Gasteiger partial charge in [0.2, 0.25) is 0 Å². The van der Waals surface area contributed by atoms with Crippen LogP contribution in [0.1, 0.15) is 5.56 Å². The molecular formula is C14H17ClN4S. The smallest absolute Gasteiger partial charge is 0.185 e. The molecule has 3 rings (SSSR count). The molecule has 2 aromatic rings. The molecule has 106 valence electrons. The molecule has 0 unspecified atom stereocenters. The van der Waals surface area contributed by atoms with Gasteiger partial charge in [-0.25, -0.2) is 4.98 Å². The molecule has 0 bridgehead atoms. The fourth-order valence-corrected chi connectivity index (χ4v) is 3.38. The third-order valence-electron chi connectivity index (χ3n) is 3.58. The van der Waals surface area contributed by atoms with Crippen LogP contribution in [-0.4, -0.2) is 31.2 Å². The first-order valence-corrected chi connectivity index (χ1v) is 7.91. The maximum Gasteiger partial charge on any atom is 0.185 e. The second-order valence-corrected chi connectivity index (χ2v) is 6.08. The molecule has 1 fully saturated rings. The Kier molecular flexibility index (Phi) is 4.10. The molecule has 0 spiro atoms. The number of aromatic nitrogens is 1. The summed E-state index contributed by atoms with van der Waals surface area (Å²) in [6, 6.07) is 5.94. The van der Waals surface area contributed by atoms with Crippen molar-refractivity contribution in [1.82, 2.24) is 4.98 Å². The minimum absolute atomic E-state index is 0.541.